The van der Waals surface area contributed by atoms with Crippen LogP contribution in [0.3, 0.4) is 0 Å². The van der Waals surface area contributed by atoms with Crippen LogP contribution in [0.5, 0.6) is 5.75 Å². The Morgan fingerprint density at radius 3 is 2.06 bits per heavy atom. The molecule has 0 radical (unpaired) electrons. The molecular formula is C16H16O. The summed E-state index contributed by atoms with van der Waals surface area (Å²) in [6.07, 6.45) is 4.13. The summed E-state index contributed by atoms with van der Waals surface area (Å²) in [6, 6.07) is 14.0. The zero-order chi connectivity index (χ0) is 12.3. The van der Waals surface area contributed by atoms with Gasteiger partial charge in [0.05, 0.1) is 0 Å². The van der Waals surface area contributed by atoms with Crippen LogP contribution in [0.25, 0.3) is 12.2 Å². The molecule has 1 N–H and O–H groups in total. The maximum atomic E-state index is 9.44. The number of phenols is 1. The highest BCUT2D eigenvalue weighted by atomic mass is 16.3. The molecule has 0 bridgehead atoms. The van der Waals surface area contributed by atoms with E-state index in [2.05, 4.69) is 43.3 Å². The average Bonchev–Trinajstić information content (AvgIpc) is 2.33. The second kappa shape index (κ2) is 4.88. The van der Waals surface area contributed by atoms with Crippen LogP contribution < -0.4 is 0 Å². The second-order valence-corrected chi connectivity index (χ2v) is 4.29. The molecule has 0 heterocycles. The Morgan fingerprint density at radius 1 is 0.824 bits per heavy atom. The van der Waals surface area contributed by atoms with Crippen molar-refractivity contribution in [2.24, 2.45) is 0 Å². The lowest BCUT2D eigenvalue weighted by Crippen LogP contribution is -1.78. The first-order valence-electron chi connectivity index (χ1n) is 5.69. The summed E-state index contributed by atoms with van der Waals surface area (Å²) in [5.74, 6) is 0.345. The molecule has 2 aromatic rings. The van der Waals surface area contributed by atoms with E-state index in [0.29, 0.717) is 5.75 Å². The Labute approximate surface area is 102 Å². The van der Waals surface area contributed by atoms with Crippen molar-refractivity contribution in [1.82, 2.24) is 0 Å². The van der Waals surface area contributed by atoms with Crippen LogP contribution in [0.15, 0.2) is 42.5 Å². The molecule has 2 rings (SSSR count). The summed E-state index contributed by atoms with van der Waals surface area (Å²) < 4.78 is 0. The van der Waals surface area contributed by atoms with Gasteiger partial charge in [-0.05, 0) is 42.7 Å². The van der Waals surface area contributed by atoms with Crippen molar-refractivity contribution in [3.63, 3.8) is 0 Å². The van der Waals surface area contributed by atoms with Crippen molar-refractivity contribution in [2.45, 2.75) is 13.8 Å². The first-order chi connectivity index (χ1) is 8.15. The lowest BCUT2D eigenvalue weighted by Gasteiger charge is -2.00. The van der Waals surface area contributed by atoms with Gasteiger partial charge in [-0.1, -0.05) is 48.0 Å². The Morgan fingerprint density at radius 2 is 1.41 bits per heavy atom. The normalized spacial score (nSPS) is 10.9. The van der Waals surface area contributed by atoms with E-state index in [-0.39, 0.29) is 0 Å². The zero-order valence-electron chi connectivity index (χ0n) is 10.1. The predicted octanol–water partition coefficient (Wildman–Crippen LogP) is 4.18. The van der Waals surface area contributed by atoms with Gasteiger partial charge in [0.2, 0.25) is 0 Å². The number of phenolic OH excluding ortho intramolecular Hbond substituents is 1. The second-order valence-electron chi connectivity index (χ2n) is 4.29. The number of hydrogen-bond acceptors (Lipinski definition) is 1. The van der Waals surface area contributed by atoms with Gasteiger partial charge in [-0.2, -0.15) is 0 Å². The third kappa shape index (κ3) is 2.97. The minimum atomic E-state index is 0.345. The number of benzene rings is 2. The van der Waals surface area contributed by atoms with Gasteiger partial charge in [-0.15, -0.1) is 0 Å². The average molecular weight is 224 g/mol. The van der Waals surface area contributed by atoms with Crippen molar-refractivity contribution >= 4 is 12.2 Å². The van der Waals surface area contributed by atoms with Gasteiger partial charge in [-0.25, -0.2) is 0 Å². The SMILES string of the molecule is Cc1ccc(/C=C/c2ccc(O)c(C)c2)cc1. The molecular weight excluding hydrogens is 208 g/mol. The molecule has 1 heteroatoms. The largest absolute Gasteiger partial charge is 0.508 e. The van der Waals surface area contributed by atoms with E-state index in [1.54, 1.807) is 6.07 Å². The molecule has 0 amide bonds. The van der Waals surface area contributed by atoms with Crippen LogP contribution >= 0.6 is 0 Å². The van der Waals surface area contributed by atoms with Crippen LogP contribution in [0, 0.1) is 13.8 Å². The van der Waals surface area contributed by atoms with E-state index in [4.69, 9.17) is 0 Å². The van der Waals surface area contributed by atoms with E-state index in [9.17, 15) is 5.11 Å². The van der Waals surface area contributed by atoms with E-state index in [0.717, 1.165) is 11.1 Å². The Kier molecular flexibility index (Phi) is 3.29. The molecule has 17 heavy (non-hydrogen) atoms. The monoisotopic (exact) mass is 224 g/mol. The molecule has 86 valence electrons. The Balaban J connectivity index is 2.20. The highest BCUT2D eigenvalue weighted by molar-refractivity contribution is 5.70. The Bertz CT molecular complexity index is 536. The lowest BCUT2D eigenvalue weighted by atomic mass is 10.1. The smallest absolute Gasteiger partial charge is 0.118 e. The summed E-state index contributed by atoms with van der Waals surface area (Å²) in [5, 5.41) is 9.44. The molecule has 0 saturated heterocycles. The van der Waals surface area contributed by atoms with Gasteiger partial charge in [0.1, 0.15) is 5.75 Å². The predicted molar refractivity (Wildman–Crippen MR) is 73.0 cm³/mol. The number of aromatic hydroxyl groups is 1. The van der Waals surface area contributed by atoms with Crippen LogP contribution in [0.2, 0.25) is 0 Å². The molecule has 0 aromatic heterocycles. The van der Waals surface area contributed by atoms with Crippen molar-refractivity contribution in [3.05, 3.63) is 64.7 Å². The minimum Gasteiger partial charge on any atom is -0.508 e. The van der Waals surface area contributed by atoms with Crippen molar-refractivity contribution in [1.29, 1.82) is 0 Å². The molecule has 0 fully saturated rings. The molecule has 0 atom stereocenters. The first-order valence-corrected chi connectivity index (χ1v) is 5.69. The third-order valence-electron chi connectivity index (χ3n) is 2.77. The number of aryl methyl sites for hydroxylation is 2. The lowest BCUT2D eigenvalue weighted by molar-refractivity contribution is 0.471. The van der Waals surface area contributed by atoms with Gasteiger partial charge in [-0.3, -0.25) is 0 Å². The first kappa shape index (κ1) is 11.5. The summed E-state index contributed by atoms with van der Waals surface area (Å²) in [5.41, 5.74) is 4.45. The molecule has 0 saturated carbocycles. The molecule has 0 spiro atoms. The fourth-order valence-electron chi connectivity index (χ4n) is 1.65. The van der Waals surface area contributed by atoms with Crippen molar-refractivity contribution < 1.29 is 5.11 Å². The summed E-state index contributed by atoms with van der Waals surface area (Å²) in [7, 11) is 0. The number of rotatable bonds is 2. The molecule has 2 aromatic carbocycles. The summed E-state index contributed by atoms with van der Waals surface area (Å²) in [4.78, 5) is 0. The molecule has 0 aliphatic carbocycles. The van der Waals surface area contributed by atoms with Gasteiger partial charge in [0, 0.05) is 0 Å². The molecule has 0 aliphatic heterocycles. The quantitative estimate of drug-likeness (QED) is 0.759. The van der Waals surface area contributed by atoms with Crippen LogP contribution in [-0.2, 0) is 0 Å². The van der Waals surface area contributed by atoms with Crippen molar-refractivity contribution in [2.75, 3.05) is 0 Å². The highest BCUT2D eigenvalue weighted by Gasteiger charge is 1.95. The Hall–Kier alpha value is -2.02. The van der Waals surface area contributed by atoms with Gasteiger partial charge < -0.3 is 5.11 Å². The summed E-state index contributed by atoms with van der Waals surface area (Å²) in [6.45, 7) is 3.98. The van der Waals surface area contributed by atoms with Crippen LogP contribution in [0.1, 0.15) is 22.3 Å². The van der Waals surface area contributed by atoms with E-state index in [1.807, 2.05) is 19.1 Å². The topological polar surface area (TPSA) is 20.2 Å². The third-order valence-corrected chi connectivity index (χ3v) is 2.77. The molecule has 0 aliphatic rings. The van der Waals surface area contributed by atoms with E-state index in [1.165, 1.54) is 11.1 Å². The standard InChI is InChI=1S/C16H16O/c1-12-3-5-14(6-4-12)7-8-15-9-10-16(17)13(2)11-15/h3-11,17H,1-2H3/b8-7+. The van der Waals surface area contributed by atoms with Gasteiger partial charge in [0.15, 0.2) is 0 Å². The number of hydrogen-bond donors (Lipinski definition) is 1. The zero-order valence-corrected chi connectivity index (χ0v) is 10.1. The van der Waals surface area contributed by atoms with Crippen molar-refractivity contribution in [3.8, 4) is 5.75 Å². The maximum Gasteiger partial charge on any atom is 0.118 e. The molecule has 0 unspecified atom stereocenters. The maximum absolute atomic E-state index is 9.44. The highest BCUT2D eigenvalue weighted by Crippen LogP contribution is 2.18. The van der Waals surface area contributed by atoms with E-state index < -0.39 is 0 Å². The van der Waals surface area contributed by atoms with E-state index >= 15 is 0 Å². The minimum absolute atomic E-state index is 0.345. The van der Waals surface area contributed by atoms with Crippen LogP contribution in [-0.4, -0.2) is 5.11 Å². The van der Waals surface area contributed by atoms with Gasteiger partial charge >= 0.3 is 0 Å². The summed E-state index contributed by atoms with van der Waals surface area (Å²) >= 11 is 0. The van der Waals surface area contributed by atoms with Gasteiger partial charge in [0.25, 0.3) is 0 Å². The molecule has 1 nitrogen and oxygen atoms in total. The van der Waals surface area contributed by atoms with Crippen LogP contribution in [0.4, 0.5) is 0 Å². The fraction of sp³-hybridized carbons (Fsp3) is 0.125. The fourth-order valence-corrected chi connectivity index (χ4v) is 1.65.